The van der Waals surface area contributed by atoms with Gasteiger partial charge in [-0.2, -0.15) is 0 Å². The van der Waals surface area contributed by atoms with Crippen molar-refractivity contribution in [3.8, 4) is 5.75 Å². The van der Waals surface area contributed by atoms with E-state index in [4.69, 9.17) is 4.74 Å². The predicted molar refractivity (Wildman–Crippen MR) is 48.3 cm³/mol. The fourth-order valence-corrected chi connectivity index (χ4v) is 0.899. The van der Waals surface area contributed by atoms with E-state index in [1.54, 1.807) is 19.5 Å². The van der Waals surface area contributed by atoms with Gasteiger partial charge in [-0.15, -0.1) is 0 Å². The van der Waals surface area contributed by atoms with Crippen LogP contribution in [0, 0.1) is 0 Å². The Balaban J connectivity index is 2.61. The summed E-state index contributed by atoms with van der Waals surface area (Å²) in [6.07, 6.45) is 3.32. The van der Waals surface area contributed by atoms with Crippen LogP contribution in [-0.4, -0.2) is 18.0 Å². The van der Waals surface area contributed by atoms with Crippen molar-refractivity contribution in [1.82, 2.24) is 10.3 Å². The third-order valence-corrected chi connectivity index (χ3v) is 1.55. The van der Waals surface area contributed by atoms with Gasteiger partial charge in [-0.1, -0.05) is 0 Å². The van der Waals surface area contributed by atoms with E-state index in [2.05, 4.69) is 10.3 Å². The Kier molecular flexibility index (Phi) is 3.25. The van der Waals surface area contributed by atoms with Crippen LogP contribution >= 0.6 is 0 Å². The van der Waals surface area contributed by atoms with Crippen LogP contribution in [0.2, 0.25) is 0 Å². The molecule has 1 aromatic rings. The summed E-state index contributed by atoms with van der Waals surface area (Å²) >= 11 is 0. The molecule has 1 aromatic heterocycles. The molecule has 1 N–H and O–H groups in total. The Morgan fingerprint density at radius 2 is 2.38 bits per heavy atom. The molecule has 0 saturated carbocycles. The topological polar surface area (TPSA) is 51.2 Å². The fraction of sp³-hybridized carbons (Fsp3) is 0.333. The number of carbonyl (C=O) groups is 1. The molecule has 0 saturated heterocycles. The first-order valence-electron chi connectivity index (χ1n) is 3.94. The molecule has 0 bridgehead atoms. The van der Waals surface area contributed by atoms with E-state index in [0.29, 0.717) is 12.3 Å². The number of hydrogen-bond donors (Lipinski definition) is 1. The summed E-state index contributed by atoms with van der Waals surface area (Å²) in [7, 11) is 1.58. The van der Waals surface area contributed by atoms with Gasteiger partial charge in [0.25, 0.3) is 0 Å². The first kappa shape index (κ1) is 9.51. The zero-order valence-corrected chi connectivity index (χ0v) is 7.70. The van der Waals surface area contributed by atoms with E-state index in [1.807, 2.05) is 6.07 Å². The lowest BCUT2D eigenvalue weighted by Crippen LogP contribution is -2.18. The molecule has 1 rings (SSSR count). The molecule has 0 fully saturated rings. The van der Waals surface area contributed by atoms with Crippen LogP contribution in [0.5, 0.6) is 5.75 Å². The molecule has 4 nitrogen and oxygen atoms in total. The quantitative estimate of drug-likeness (QED) is 0.745. The Labute approximate surface area is 76.9 Å². The van der Waals surface area contributed by atoms with Crippen LogP contribution in [0.25, 0.3) is 0 Å². The van der Waals surface area contributed by atoms with Crippen molar-refractivity contribution in [3.05, 3.63) is 24.0 Å². The summed E-state index contributed by atoms with van der Waals surface area (Å²) in [6.45, 7) is 1.97. The Bertz CT molecular complexity index is 299. The van der Waals surface area contributed by atoms with Crippen LogP contribution in [0.15, 0.2) is 18.5 Å². The van der Waals surface area contributed by atoms with Crippen molar-refractivity contribution in [2.24, 2.45) is 0 Å². The van der Waals surface area contributed by atoms with Gasteiger partial charge in [-0.3, -0.25) is 9.78 Å². The highest BCUT2D eigenvalue weighted by Gasteiger charge is 1.97. The van der Waals surface area contributed by atoms with Gasteiger partial charge in [-0.25, -0.2) is 0 Å². The number of aromatic nitrogens is 1. The maximum absolute atomic E-state index is 10.6. The molecule has 0 atom stereocenters. The van der Waals surface area contributed by atoms with Gasteiger partial charge in [0.05, 0.1) is 13.3 Å². The monoisotopic (exact) mass is 180 g/mol. The number of nitrogens with zero attached hydrogens (tertiary/aromatic N) is 1. The van der Waals surface area contributed by atoms with Crippen molar-refractivity contribution in [1.29, 1.82) is 0 Å². The first-order valence-corrected chi connectivity index (χ1v) is 3.94. The second-order valence-electron chi connectivity index (χ2n) is 2.64. The predicted octanol–water partition coefficient (Wildman–Crippen LogP) is 0.726. The summed E-state index contributed by atoms with van der Waals surface area (Å²) in [5.41, 5.74) is 0.926. The number of hydrogen-bond acceptors (Lipinski definition) is 3. The van der Waals surface area contributed by atoms with Crippen LogP contribution in [0.1, 0.15) is 12.5 Å². The van der Waals surface area contributed by atoms with Crippen molar-refractivity contribution in [2.75, 3.05) is 7.11 Å². The van der Waals surface area contributed by atoms with Gasteiger partial charge < -0.3 is 10.1 Å². The average molecular weight is 180 g/mol. The molecule has 13 heavy (non-hydrogen) atoms. The van der Waals surface area contributed by atoms with Crippen molar-refractivity contribution in [2.45, 2.75) is 13.5 Å². The molecule has 0 aliphatic rings. The lowest BCUT2D eigenvalue weighted by Gasteiger charge is -2.03. The largest absolute Gasteiger partial charge is 0.495 e. The minimum Gasteiger partial charge on any atom is -0.495 e. The van der Waals surface area contributed by atoms with E-state index in [-0.39, 0.29) is 5.91 Å². The van der Waals surface area contributed by atoms with E-state index >= 15 is 0 Å². The second kappa shape index (κ2) is 4.45. The van der Waals surface area contributed by atoms with Crippen molar-refractivity contribution >= 4 is 5.91 Å². The van der Waals surface area contributed by atoms with Gasteiger partial charge >= 0.3 is 0 Å². The summed E-state index contributed by atoms with van der Waals surface area (Å²) in [6, 6.07) is 1.84. The van der Waals surface area contributed by atoms with Crippen molar-refractivity contribution in [3.63, 3.8) is 0 Å². The van der Waals surface area contributed by atoms with Crippen LogP contribution < -0.4 is 10.1 Å². The maximum atomic E-state index is 10.6. The third kappa shape index (κ3) is 3.11. The highest BCUT2D eigenvalue weighted by molar-refractivity contribution is 5.72. The van der Waals surface area contributed by atoms with E-state index in [0.717, 1.165) is 5.56 Å². The molecule has 0 aromatic carbocycles. The second-order valence-corrected chi connectivity index (χ2v) is 2.64. The molecule has 1 heterocycles. The van der Waals surface area contributed by atoms with Gasteiger partial charge in [0.1, 0.15) is 5.75 Å². The SMILES string of the molecule is COc1cncc(CNC(C)=O)c1. The highest BCUT2D eigenvalue weighted by atomic mass is 16.5. The Morgan fingerprint density at radius 3 is 3.00 bits per heavy atom. The van der Waals surface area contributed by atoms with E-state index in [1.165, 1.54) is 6.92 Å². The number of pyridine rings is 1. The molecular weight excluding hydrogens is 168 g/mol. The molecule has 0 unspecified atom stereocenters. The molecular formula is C9H12N2O2. The van der Waals surface area contributed by atoms with Crippen LogP contribution in [0.3, 0.4) is 0 Å². The minimum atomic E-state index is -0.0529. The Morgan fingerprint density at radius 1 is 1.62 bits per heavy atom. The molecule has 0 spiro atoms. The van der Waals surface area contributed by atoms with E-state index in [9.17, 15) is 4.79 Å². The number of methoxy groups -OCH3 is 1. The number of ether oxygens (including phenoxy) is 1. The molecule has 70 valence electrons. The third-order valence-electron chi connectivity index (χ3n) is 1.55. The van der Waals surface area contributed by atoms with Crippen molar-refractivity contribution < 1.29 is 9.53 Å². The zero-order chi connectivity index (χ0) is 9.68. The van der Waals surface area contributed by atoms with Gasteiger partial charge in [0, 0.05) is 19.7 Å². The highest BCUT2D eigenvalue weighted by Crippen LogP contribution is 2.09. The van der Waals surface area contributed by atoms with E-state index < -0.39 is 0 Å². The van der Waals surface area contributed by atoms with Gasteiger partial charge in [-0.05, 0) is 11.6 Å². The normalized spacial score (nSPS) is 9.38. The number of amides is 1. The molecule has 0 aliphatic carbocycles. The minimum absolute atomic E-state index is 0.0529. The molecule has 0 radical (unpaired) electrons. The maximum Gasteiger partial charge on any atom is 0.217 e. The summed E-state index contributed by atoms with van der Waals surface area (Å²) < 4.78 is 4.99. The summed E-state index contributed by atoms with van der Waals surface area (Å²) in [4.78, 5) is 14.6. The summed E-state index contributed by atoms with van der Waals surface area (Å²) in [5, 5.41) is 2.68. The zero-order valence-electron chi connectivity index (χ0n) is 7.70. The van der Waals surface area contributed by atoms with Gasteiger partial charge in [0.15, 0.2) is 0 Å². The number of nitrogens with one attached hydrogen (secondary N) is 1. The smallest absolute Gasteiger partial charge is 0.217 e. The molecule has 0 aliphatic heterocycles. The average Bonchev–Trinajstić information content (AvgIpc) is 2.15. The van der Waals surface area contributed by atoms with Crippen LogP contribution in [0.4, 0.5) is 0 Å². The summed E-state index contributed by atoms with van der Waals surface area (Å²) in [5.74, 6) is 0.644. The fourth-order valence-electron chi connectivity index (χ4n) is 0.899. The number of carbonyl (C=O) groups excluding carboxylic acids is 1. The first-order chi connectivity index (χ1) is 6.22. The standard InChI is InChI=1S/C9H12N2O2/c1-7(12)11-5-8-3-9(13-2)6-10-4-8/h3-4,6H,5H2,1-2H3,(H,11,12). The molecule has 4 heteroatoms. The molecule has 1 amide bonds. The van der Waals surface area contributed by atoms with Crippen LogP contribution in [-0.2, 0) is 11.3 Å². The lowest BCUT2D eigenvalue weighted by atomic mass is 10.3. The number of rotatable bonds is 3. The Hall–Kier alpha value is -1.58. The van der Waals surface area contributed by atoms with Gasteiger partial charge in [0.2, 0.25) is 5.91 Å². The lowest BCUT2D eigenvalue weighted by molar-refractivity contribution is -0.119.